The molecule has 0 spiro atoms. The van der Waals surface area contributed by atoms with Crippen molar-refractivity contribution in [3.05, 3.63) is 12.2 Å². The number of hydrogen-bond acceptors (Lipinski definition) is 2. The number of hydrogen-bond donors (Lipinski definition) is 0. The first-order valence-corrected chi connectivity index (χ1v) is 9.73. The van der Waals surface area contributed by atoms with Crippen LogP contribution in [0.25, 0.3) is 0 Å². The second-order valence-corrected chi connectivity index (χ2v) is 5.82. The van der Waals surface area contributed by atoms with E-state index >= 15 is 0 Å². The Morgan fingerprint density at radius 2 is 1.46 bits per heavy atom. The van der Waals surface area contributed by atoms with Crippen molar-refractivity contribution in [1.82, 2.24) is 0 Å². The van der Waals surface area contributed by atoms with Gasteiger partial charge in [0, 0.05) is 12.8 Å². The van der Waals surface area contributed by atoms with E-state index in [1.807, 2.05) is 20.8 Å². The van der Waals surface area contributed by atoms with Gasteiger partial charge in [-0.3, -0.25) is 4.79 Å². The van der Waals surface area contributed by atoms with Crippen molar-refractivity contribution in [2.24, 2.45) is 0 Å². The lowest BCUT2D eigenvalue weighted by Gasteiger charge is -2.11. The minimum Gasteiger partial charge on any atom is -0.461 e. The van der Waals surface area contributed by atoms with Crippen LogP contribution >= 0.6 is 0 Å². The fraction of sp³-hybridized carbons (Fsp3) is 0.850. The Bertz CT molecular complexity index is 302. The van der Waals surface area contributed by atoms with Crippen LogP contribution in [0, 0.1) is 0 Å². The monoisotopic (exact) mass is 348 g/mol. The maximum Gasteiger partial charge on any atom is 0.306 e. The van der Waals surface area contributed by atoms with Crippen molar-refractivity contribution in [1.29, 1.82) is 0 Å². The van der Waals surface area contributed by atoms with Crippen molar-refractivity contribution in [2.75, 3.05) is 6.61 Å². The van der Waals surface area contributed by atoms with Crippen LogP contribution in [0.5, 0.6) is 0 Å². The van der Waals surface area contributed by atoms with Gasteiger partial charge >= 0.3 is 5.97 Å². The van der Waals surface area contributed by atoms with E-state index in [-0.39, 0.29) is 19.0 Å². The fourth-order valence-electron chi connectivity index (χ4n) is 2.18. The summed E-state index contributed by atoms with van der Waals surface area (Å²) in [7, 11) is 0. The van der Waals surface area contributed by atoms with Crippen molar-refractivity contribution < 1.29 is 18.3 Å². The molecular formula is C20H38F2O2. The molecule has 0 rings (SSSR count). The zero-order valence-corrected chi connectivity index (χ0v) is 16.2. The number of esters is 1. The number of rotatable bonds is 14. The summed E-state index contributed by atoms with van der Waals surface area (Å²) in [5.41, 5.74) is 0. The van der Waals surface area contributed by atoms with Gasteiger partial charge in [0.2, 0.25) is 0 Å². The molecule has 0 aliphatic carbocycles. The van der Waals surface area contributed by atoms with Crippen LogP contribution in [-0.4, -0.2) is 18.5 Å². The number of unbranched alkanes of at least 4 members (excludes halogenated alkanes) is 7. The van der Waals surface area contributed by atoms with E-state index in [9.17, 15) is 13.6 Å². The molecule has 0 aromatic rings. The quantitative estimate of drug-likeness (QED) is 0.190. The molecule has 24 heavy (non-hydrogen) atoms. The van der Waals surface area contributed by atoms with Gasteiger partial charge in [-0.25, -0.2) is 8.78 Å². The standard InChI is InChI=1S/C18H32F2O2.C2H6/c1-3-5-7-8-9-10-13-17(21)22-16-12-15-18(19,20)14-11-6-4-2;1-2/h12,15H,3-11,13-14,16H2,1-2H3;1-2H3/b15-12-;. The lowest BCUT2D eigenvalue weighted by Crippen LogP contribution is -2.12. The molecule has 4 heteroatoms. The summed E-state index contributed by atoms with van der Waals surface area (Å²) in [5, 5.41) is 0. The zero-order chi connectivity index (χ0) is 18.7. The van der Waals surface area contributed by atoms with Gasteiger partial charge in [0.05, 0.1) is 0 Å². The summed E-state index contributed by atoms with van der Waals surface area (Å²) >= 11 is 0. The highest BCUT2D eigenvalue weighted by Gasteiger charge is 2.23. The van der Waals surface area contributed by atoms with Crippen molar-refractivity contribution in [2.45, 2.75) is 104 Å². The van der Waals surface area contributed by atoms with Gasteiger partial charge in [-0.1, -0.05) is 72.6 Å². The Hall–Kier alpha value is -0.930. The second kappa shape index (κ2) is 18.4. The van der Waals surface area contributed by atoms with Crippen LogP contribution in [0.4, 0.5) is 8.78 Å². The molecule has 0 radical (unpaired) electrons. The molecule has 0 aromatic carbocycles. The number of carbonyl (C=O) groups is 1. The zero-order valence-electron chi connectivity index (χ0n) is 16.2. The predicted molar refractivity (Wildman–Crippen MR) is 98.5 cm³/mol. The van der Waals surface area contributed by atoms with Crippen LogP contribution in [0.15, 0.2) is 12.2 Å². The van der Waals surface area contributed by atoms with E-state index in [0.717, 1.165) is 38.2 Å². The molecule has 0 N–H and O–H groups in total. The number of ether oxygens (including phenoxy) is 1. The topological polar surface area (TPSA) is 26.3 Å². The summed E-state index contributed by atoms with van der Waals surface area (Å²) in [6, 6.07) is 0. The Balaban J connectivity index is 0. The largest absolute Gasteiger partial charge is 0.461 e. The third-order valence-corrected chi connectivity index (χ3v) is 3.55. The normalized spacial score (nSPS) is 11.2. The number of alkyl halides is 2. The third kappa shape index (κ3) is 19.1. The van der Waals surface area contributed by atoms with Gasteiger partial charge in [-0.2, -0.15) is 0 Å². The second-order valence-electron chi connectivity index (χ2n) is 5.82. The average molecular weight is 349 g/mol. The Morgan fingerprint density at radius 3 is 2.08 bits per heavy atom. The van der Waals surface area contributed by atoms with Crippen LogP contribution in [0.2, 0.25) is 0 Å². The molecule has 0 atom stereocenters. The molecule has 0 aliphatic heterocycles. The number of allylic oxidation sites excluding steroid dienone is 1. The lowest BCUT2D eigenvalue weighted by molar-refractivity contribution is -0.142. The highest BCUT2D eigenvalue weighted by atomic mass is 19.3. The maximum atomic E-state index is 13.4. The summed E-state index contributed by atoms with van der Waals surface area (Å²) in [6.07, 6.45) is 11.3. The summed E-state index contributed by atoms with van der Waals surface area (Å²) in [5.74, 6) is -3.09. The van der Waals surface area contributed by atoms with Crippen molar-refractivity contribution >= 4 is 5.97 Å². The van der Waals surface area contributed by atoms with E-state index < -0.39 is 5.92 Å². The van der Waals surface area contributed by atoms with Gasteiger partial charge in [-0.15, -0.1) is 0 Å². The SMILES string of the molecule is CC.CCCCCCCCC(=O)OC/C=C\C(F)(F)CCCCC. The molecule has 0 amide bonds. The molecule has 0 bridgehead atoms. The van der Waals surface area contributed by atoms with Crippen LogP contribution in [0.3, 0.4) is 0 Å². The minimum absolute atomic E-state index is 0.0575. The number of carbonyl (C=O) groups excluding carboxylic acids is 1. The summed E-state index contributed by atoms with van der Waals surface area (Å²) < 4.78 is 31.7. The Morgan fingerprint density at radius 1 is 0.917 bits per heavy atom. The van der Waals surface area contributed by atoms with Crippen molar-refractivity contribution in [3.8, 4) is 0 Å². The molecule has 0 saturated heterocycles. The minimum atomic E-state index is -2.79. The Kier molecular flexibility index (Phi) is 19.4. The molecule has 0 aromatic heterocycles. The predicted octanol–water partition coefficient (Wildman–Crippen LogP) is 7.08. The smallest absolute Gasteiger partial charge is 0.306 e. The van der Waals surface area contributed by atoms with Crippen LogP contribution in [-0.2, 0) is 9.53 Å². The fourth-order valence-corrected chi connectivity index (χ4v) is 2.18. The van der Waals surface area contributed by atoms with Gasteiger partial charge in [0.15, 0.2) is 0 Å². The van der Waals surface area contributed by atoms with E-state index in [0.29, 0.717) is 12.8 Å². The average Bonchev–Trinajstić information content (AvgIpc) is 2.57. The van der Waals surface area contributed by atoms with Gasteiger partial charge in [0.25, 0.3) is 5.92 Å². The third-order valence-electron chi connectivity index (χ3n) is 3.55. The van der Waals surface area contributed by atoms with Crippen LogP contribution < -0.4 is 0 Å². The summed E-state index contributed by atoms with van der Waals surface area (Å²) in [4.78, 5) is 11.4. The van der Waals surface area contributed by atoms with Crippen molar-refractivity contribution in [3.63, 3.8) is 0 Å². The van der Waals surface area contributed by atoms with Gasteiger partial charge in [0.1, 0.15) is 6.61 Å². The lowest BCUT2D eigenvalue weighted by atomic mass is 10.1. The first-order valence-electron chi connectivity index (χ1n) is 9.73. The van der Waals surface area contributed by atoms with Gasteiger partial charge < -0.3 is 4.74 Å². The van der Waals surface area contributed by atoms with E-state index in [1.54, 1.807) is 0 Å². The molecule has 2 nitrogen and oxygen atoms in total. The molecule has 0 unspecified atom stereocenters. The molecular weight excluding hydrogens is 310 g/mol. The maximum absolute atomic E-state index is 13.4. The highest BCUT2D eigenvalue weighted by molar-refractivity contribution is 5.69. The highest BCUT2D eigenvalue weighted by Crippen LogP contribution is 2.23. The first kappa shape index (κ1) is 25.3. The Labute approximate surface area is 148 Å². The molecule has 0 fully saturated rings. The molecule has 0 saturated carbocycles. The summed E-state index contributed by atoms with van der Waals surface area (Å²) in [6.45, 7) is 8.09. The molecule has 0 aliphatic rings. The number of halogens is 2. The van der Waals surface area contributed by atoms with E-state index in [2.05, 4.69) is 6.92 Å². The van der Waals surface area contributed by atoms with Crippen LogP contribution in [0.1, 0.15) is 98.3 Å². The van der Waals surface area contributed by atoms with Gasteiger partial charge in [-0.05, 0) is 25.0 Å². The first-order chi connectivity index (χ1) is 11.5. The van der Waals surface area contributed by atoms with E-state index in [4.69, 9.17) is 4.74 Å². The molecule has 0 heterocycles. The molecule has 144 valence electrons. The van der Waals surface area contributed by atoms with E-state index in [1.165, 1.54) is 25.3 Å².